The Labute approximate surface area is 143 Å². The first-order chi connectivity index (χ1) is 11.2. The fourth-order valence-electron chi connectivity index (χ4n) is 1.93. The molecule has 128 valence electrons. The maximum absolute atomic E-state index is 12.3. The molecule has 0 radical (unpaired) electrons. The summed E-state index contributed by atoms with van der Waals surface area (Å²) < 4.78 is 27.2. The lowest BCUT2D eigenvalue weighted by molar-refractivity contribution is 0.364. The SMILES string of the molecule is CC(C)[Si](O)(O)/C=C/c1cccc(NS(=O)(=O)c2ccccc2)c1. The predicted molar refractivity (Wildman–Crippen MR) is 98.0 cm³/mol. The molecule has 0 unspecified atom stereocenters. The van der Waals surface area contributed by atoms with Crippen molar-refractivity contribution >= 4 is 30.3 Å². The molecular weight excluding hydrogens is 342 g/mol. The van der Waals surface area contributed by atoms with E-state index < -0.39 is 18.6 Å². The average molecular weight is 364 g/mol. The summed E-state index contributed by atoms with van der Waals surface area (Å²) in [5.41, 5.74) is 2.29. The van der Waals surface area contributed by atoms with Crippen LogP contribution in [0.4, 0.5) is 5.69 Å². The fraction of sp³-hybridized carbons (Fsp3) is 0.176. The van der Waals surface area contributed by atoms with Gasteiger partial charge in [0.1, 0.15) is 0 Å². The molecule has 0 bridgehead atoms. The summed E-state index contributed by atoms with van der Waals surface area (Å²) in [6, 6.07) is 14.9. The van der Waals surface area contributed by atoms with Gasteiger partial charge in [0, 0.05) is 11.2 Å². The van der Waals surface area contributed by atoms with Gasteiger partial charge in [0.25, 0.3) is 10.0 Å². The van der Waals surface area contributed by atoms with Crippen molar-refractivity contribution in [3.63, 3.8) is 0 Å². The van der Waals surface area contributed by atoms with E-state index >= 15 is 0 Å². The van der Waals surface area contributed by atoms with Gasteiger partial charge < -0.3 is 9.59 Å². The van der Waals surface area contributed by atoms with Crippen LogP contribution in [0.25, 0.3) is 6.08 Å². The molecule has 0 saturated heterocycles. The molecule has 7 heteroatoms. The molecule has 0 aliphatic rings. The maximum Gasteiger partial charge on any atom is 0.362 e. The molecule has 0 fully saturated rings. The van der Waals surface area contributed by atoms with Crippen LogP contribution in [-0.4, -0.2) is 26.6 Å². The summed E-state index contributed by atoms with van der Waals surface area (Å²) in [6.07, 6.45) is 1.60. The second-order valence-corrected chi connectivity index (χ2v) is 10.6. The Hall–Kier alpha value is -1.93. The Bertz CT molecular complexity index is 817. The first-order valence-corrected chi connectivity index (χ1v) is 11.1. The topological polar surface area (TPSA) is 86.6 Å². The summed E-state index contributed by atoms with van der Waals surface area (Å²) in [7, 11) is -7.05. The molecule has 2 aromatic carbocycles. The van der Waals surface area contributed by atoms with Gasteiger partial charge in [-0.1, -0.05) is 50.3 Å². The molecule has 0 aliphatic heterocycles. The van der Waals surface area contributed by atoms with Crippen molar-refractivity contribution in [3.8, 4) is 0 Å². The standard InChI is InChI=1S/C17H21NO4SSi/c1-14(2)24(21,22)12-11-15-7-6-8-16(13-15)18-23(19,20)17-9-4-3-5-10-17/h3-14,18,21-22H,1-2H3/b12-11+. The number of sulfonamides is 1. The minimum Gasteiger partial charge on any atom is -0.408 e. The van der Waals surface area contributed by atoms with E-state index in [2.05, 4.69) is 4.72 Å². The number of benzene rings is 2. The third-order valence-corrected chi connectivity index (χ3v) is 7.32. The van der Waals surface area contributed by atoms with Crippen LogP contribution in [0, 0.1) is 0 Å². The second kappa shape index (κ2) is 7.31. The van der Waals surface area contributed by atoms with Gasteiger partial charge in [-0.25, -0.2) is 8.42 Å². The van der Waals surface area contributed by atoms with Crippen molar-refractivity contribution < 1.29 is 18.0 Å². The van der Waals surface area contributed by atoms with Crippen molar-refractivity contribution in [3.05, 3.63) is 65.9 Å². The minimum atomic E-state index is -3.65. The van der Waals surface area contributed by atoms with Crippen LogP contribution < -0.4 is 4.72 Å². The highest BCUT2D eigenvalue weighted by Crippen LogP contribution is 2.20. The predicted octanol–water partition coefficient (Wildman–Crippen LogP) is 2.88. The van der Waals surface area contributed by atoms with E-state index in [-0.39, 0.29) is 10.4 Å². The van der Waals surface area contributed by atoms with Crippen molar-refractivity contribution in [2.45, 2.75) is 24.3 Å². The Balaban J connectivity index is 2.21. The Kier molecular flexibility index (Phi) is 5.61. The van der Waals surface area contributed by atoms with Crippen LogP contribution in [-0.2, 0) is 10.0 Å². The monoisotopic (exact) mass is 363 g/mol. The van der Waals surface area contributed by atoms with Gasteiger partial charge in [0.15, 0.2) is 0 Å². The Morgan fingerprint density at radius 3 is 2.33 bits per heavy atom. The molecule has 0 heterocycles. The quantitative estimate of drug-likeness (QED) is 0.689. The summed E-state index contributed by atoms with van der Waals surface area (Å²) >= 11 is 0. The number of hydrogen-bond acceptors (Lipinski definition) is 4. The minimum absolute atomic E-state index is 0.183. The summed E-state index contributed by atoms with van der Waals surface area (Å²) in [5, 5.41) is 0. The van der Waals surface area contributed by atoms with Crippen molar-refractivity contribution in [2.75, 3.05) is 4.72 Å². The van der Waals surface area contributed by atoms with Crippen LogP contribution in [0.5, 0.6) is 0 Å². The molecule has 2 aromatic rings. The highest BCUT2D eigenvalue weighted by molar-refractivity contribution is 7.92. The van der Waals surface area contributed by atoms with E-state index in [4.69, 9.17) is 0 Å². The average Bonchev–Trinajstić information content (AvgIpc) is 2.54. The Morgan fingerprint density at radius 1 is 1.04 bits per heavy atom. The highest BCUT2D eigenvalue weighted by atomic mass is 32.2. The number of hydrogen-bond donors (Lipinski definition) is 3. The fourth-order valence-corrected chi connectivity index (χ4v) is 3.82. The van der Waals surface area contributed by atoms with Gasteiger partial charge in [-0.2, -0.15) is 0 Å². The lowest BCUT2D eigenvalue weighted by Crippen LogP contribution is -2.35. The zero-order valence-electron chi connectivity index (χ0n) is 13.5. The molecule has 0 amide bonds. The third-order valence-electron chi connectivity index (χ3n) is 3.56. The van der Waals surface area contributed by atoms with Gasteiger partial charge in [-0.15, -0.1) is 0 Å². The van der Waals surface area contributed by atoms with Gasteiger partial charge >= 0.3 is 8.56 Å². The van der Waals surface area contributed by atoms with Crippen LogP contribution in [0.15, 0.2) is 65.2 Å². The maximum atomic E-state index is 12.3. The zero-order valence-corrected chi connectivity index (χ0v) is 15.4. The smallest absolute Gasteiger partial charge is 0.362 e. The Morgan fingerprint density at radius 2 is 1.71 bits per heavy atom. The van der Waals surface area contributed by atoms with E-state index in [1.807, 2.05) is 0 Å². The van der Waals surface area contributed by atoms with Gasteiger partial charge in [-0.3, -0.25) is 4.72 Å². The first-order valence-electron chi connectivity index (χ1n) is 7.52. The van der Waals surface area contributed by atoms with Gasteiger partial charge in [0.2, 0.25) is 0 Å². The van der Waals surface area contributed by atoms with E-state index in [1.54, 1.807) is 62.4 Å². The molecule has 0 spiro atoms. The first kappa shape index (κ1) is 18.4. The summed E-state index contributed by atoms with van der Waals surface area (Å²) in [5.74, 6) is 0. The normalized spacial score (nSPS) is 12.7. The lowest BCUT2D eigenvalue weighted by atomic mass is 10.2. The highest BCUT2D eigenvalue weighted by Gasteiger charge is 2.29. The zero-order chi connectivity index (χ0) is 17.8. The summed E-state index contributed by atoms with van der Waals surface area (Å²) in [4.78, 5) is 20.1. The molecule has 24 heavy (non-hydrogen) atoms. The van der Waals surface area contributed by atoms with Crippen LogP contribution >= 0.6 is 0 Å². The third kappa shape index (κ3) is 4.78. The largest absolute Gasteiger partial charge is 0.408 e. The van der Waals surface area contributed by atoms with E-state index in [9.17, 15) is 18.0 Å². The molecule has 0 aliphatic carbocycles. The van der Waals surface area contributed by atoms with Gasteiger partial charge in [-0.05, 0) is 35.5 Å². The lowest BCUT2D eigenvalue weighted by Gasteiger charge is -2.17. The molecular formula is C17H21NO4SSi. The number of anilines is 1. The van der Waals surface area contributed by atoms with E-state index in [0.717, 1.165) is 0 Å². The summed E-state index contributed by atoms with van der Waals surface area (Å²) in [6.45, 7) is 3.50. The van der Waals surface area contributed by atoms with Crippen molar-refractivity contribution in [1.29, 1.82) is 0 Å². The molecule has 0 aromatic heterocycles. The molecule has 2 rings (SSSR count). The van der Waals surface area contributed by atoms with Crippen LogP contribution in [0.1, 0.15) is 19.4 Å². The number of rotatable bonds is 6. The van der Waals surface area contributed by atoms with Crippen LogP contribution in [0.3, 0.4) is 0 Å². The van der Waals surface area contributed by atoms with Gasteiger partial charge in [0.05, 0.1) is 4.90 Å². The molecule has 0 saturated carbocycles. The van der Waals surface area contributed by atoms with Crippen molar-refractivity contribution in [2.24, 2.45) is 0 Å². The van der Waals surface area contributed by atoms with E-state index in [1.165, 1.54) is 17.8 Å². The van der Waals surface area contributed by atoms with Crippen LogP contribution in [0.2, 0.25) is 5.54 Å². The second-order valence-electron chi connectivity index (χ2n) is 5.82. The van der Waals surface area contributed by atoms with E-state index in [0.29, 0.717) is 11.3 Å². The molecule has 0 atom stereocenters. The number of nitrogens with one attached hydrogen (secondary N) is 1. The molecule has 5 nitrogen and oxygen atoms in total. The van der Waals surface area contributed by atoms with Crippen molar-refractivity contribution in [1.82, 2.24) is 0 Å². The molecule has 3 N–H and O–H groups in total.